The number of halogens is 1. The average molecular weight is 379 g/mol. The van der Waals surface area contributed by atoms with Gasteiger partial charge in [0.05, 0.1) is 18.7 Å². The van der Waals surface area contributed by atoms with E-state index in [1.54, 1.807) is 13.0 Å². The largest absolute Gasteiger partial charge is 0.337 e. The van der Waals surface area contributed by atoms with E-state index in [4.69, 9.17) is 0 Å². The van der Waals surface area contributed by atoms with Crippen molar-refractivity contribution < 1.29 is 9.18 Å². The number of aryl methyl sites for hydroxylation is 1. The standard InChI is InChI=1S/C23H26FN3O/c1-3-16-7-9-17(10-8-16)22(18-5-4-6-20(24)13-18)26-14-21(28)27-23(2,15-25)19-11-12-19/h4-10,13,19,22,26H,3,11-12,14H2,1-2H3,(H,27,28)/t22-,23+/m0/s1. The molecule has 0 unspecified atom stereocenters. The molecule has 2 atom stereocenters. The topological polar surface area (TPSA) is 64.9 Å². The summed E-state index contributed by atoms with van der Waals surface area (Å²) >= 11 is 0. The molecule has 0 aliphatic heterocycles. The van der Waals surface area contributed by atoms with Crippen molar-refractivity contribution in [3.8, 4) is 6.07 Å². The summed E-state index contributed by atoms with van der Waals surface area (Å²) in [7, 11) is 0. The Labute approximate surface area is 165 Å². The van der Waals surface area contributed by atoms with Crippen LogP contribution < -0.4 is 10.6 Å². The van der Waals surface area contributed by atoms with E-state index in [1.165, 1.54) is 17.7 Å². The van der Waals surface area contributed by atoms with Crippen molar-refractivity contribution in [2.75, 3.05) is 6.54 Å². The molecule has 0 bridgehead atoms. The fraction of sp³-hybridized carbons (Fsp3) is 0.391. The van der Waals surface area contributed by atoms with Crippen LogP contribution in [0.2, 0.25) is 0 Å². The normalized spacial score (nSPS) is 16.6. The fourth-order valence-corrected chi connectivity index (χ4v) is 3.47. The van der Waals surface area contributed by atoms with E-state index >= 15 is 0 Å². The van der Waals surface area contributed by atoms with Crippen LogP contribution in [0.15, 0.2) is 48.5 Å². The first kappa shape index (κ1) is 20.0. The van der Waals surface area contributed by atoms with Gasteiger partial charge in [0.1, 0.15) is 11.4 Å². The molecule has 28 heavy (non-hydrogen) atoms. The van der Waals surface area contributed by atoms with Crippen molar-refractivity contribution in [3.63, 3.8) is 0 Å². The van der Waals surface area contributed by atoms with Gasteiger partial charge in [-0.15, -0.1) is 0 Å². The molecular weight excluding hydrogens is 353 g/mol. The van der Waals surface area contributed by atoms with E-state index < -0.39 is 5.54 Å². The molecule has 0 aromatic heterocycles. The van der Waals surface area contributed by atoms with E-state index in [-0.39, 0.29) is 30.2 Å². The van der Waals surface area contributed by atoms with E-state index in [2.05, 4.69) is 23.6 Å². The summed E-state index contributed by atoms with van der Waals surface area (Å²) in [6, 6.07) is 16.4. The maximum absolute atomic E-state index is 13.8. The number of rotatable bonds is 8. The number of benzene rings is 2. The van der Waals surface area contributed by atoms with Gasteiger partial charge >= 0.3 is 0 Å². The molecule has 146 valence electrons. The zero-order valence-corrected chi connectivity index (χ0v) is 16.3. The van der Waals surface area contributed by atoms with Gasteiger partial charge < -0.3 is 5.32 Å². The summed E-state index contributed by atoms with van der Waals surface area (Å²) in [5, 5.41) is 15.5. The molecule has 0 heterocycles. The van der Waals surface area contributed by atoms with E-state index in [0.717, 1.165) is 30.4 Å². The van der Waals surface area contributed by atoms with Gasteiger partial charge in [-0.05, 0) is 60.9 Å². The lowest BCUT2D eigenvalue weighted by Crippen LogP contribution is -2.49. The number of nitrogens with one attached hydrogen (secondary N) is 2. The summed E-state index contributed by atoms with van der Waals surface area (Å²) in [5.74, 6) is -0.325. The van der Waals surface area contributed by atoms with Gasteiger partial charge in [-0.1, -0.05) is 43.3 Å². The van der Waals surface area contributed by atoms with Gasteiger partial charge in [-0.2, -0.15) is 5.26 Å². The second-order valence-electron chi connectivity index (χ2n) is 7.60. The van der Waals surface area contributed by atoms with Crippen LogP contribution in [0, 0.1) is 23.1 Å². The lowest BCUT2D eigenvalue weighted by atomic mass is 9.96. The molecule has 2 aromatic rings. The third kappa shape index (κ3) is 4.76. The fourth-order valence-electron chi connectivity index (χ4n) is 3.47. The minimum atomic E-state index is -0.824. The first-order chi connectivity index (χ1) is 13.4. The first-order valence-corrected chi connectivity index (χ1v) is 9.75. The molecule has 2 aromatic carbocycles. The number of nitrogens with zero attached hydrogens (tertiary/aromatic N) is 1. The second kappa shape index (κ2) is 8.53. The molecule has 2 N–H and O–H groups in total. The minimum Gasteiger partial charge on any atom is -0.337 e. The molecule has 3 rings (SSSR count). The smallest absolute Gasteiger partial charge is 0.235 e. The molecule has 1 fully saturated rings. The van der Waals surface area contributed by atoms with E-state index in [1.807, 2.05) is 30.3 Å². The Balaban J connectivity index is 1.75. The molecular formula is C23H26FN3O. The highest BCUT2D eigenvalue weighted by Gasteiger charge is 2.42. The first-order valence-electron chi connectivity index (χ1n) is 9.75. The predicted molar refractivity (Wildman–Crippen MR) is 107 cm³/mol. The SMILES string of the molecule is CCc1ccc([C@H](NCC(=O)N[C@](C)(C#N)C2CC2)c2cccc(F)c2)cc1. The summed E-state index contributed by atoms with van der Waals surface area (Å²) in [5.41, 5.74) is 2.10. The number of hydrogen-bond acceptors (Lipinski definition) is 3. The summed E-state index contributed by atoms with van der Waals surface area (Å²) in [6.07, 6.45) is 2.87. The number of nitriles is 1. The maximum atomic E-state index is 13.8. The maximum Gasteiger partial charge on any atom is 0.235 e. The zero-order valence-electron chi connectivity index (χ0n) is 16.3. The van der Waals surface area contributed by atoms with Crippen LogP contribution in [0.4, 0.5) is 4.39 Å². The van der Waals surface area contributed by atoms with Crippen molar-refractivity contribution in [1.82, 2.24) is 10.6 Å². The van der Waals surface area contributed by atoms with Crippen LogP contribution in [0.25, 0.3) is 0 Å². The van der Waals surface area contributed by atoms with Crippen LogP contribution >= 0.6 is 0 Å². The molecule has 4 nitrogen and oxygen atoms in total. The third-order valence-corrected chi connectivity index (χ3v) is 5.40. The second-order valence-corrected chi connectivity index (χ2v) is 7.60. The average Bonchev–Trinajstić information content (AvgIpc) is 3.54. The molecule has 1 aliphatic rings. The van der Waals surface area contributed by atoms with Crippen molar-refractivity contribution in [2.45, 2.75) is 44.7 Å². The monoisotopic (exact) mass is 379 g/mol. The van der Waals surface area contributed by atoms with Crippen LogP contribution in [0.3, 0.4) is 0 Å². The molecule has 0 saturated heterocycles. The summed E-state index contributed by atoms with van der Waals surface area (Å²) < 4.78 is 13.8. The number of amides is 1. The Morgan fingerprint density at radius 2 is 1.96 bits per heavy atom. The van der Waals surface area contributed by atoms with Crippen molar-refractivity contribution in [2.24, 2.45) is 5.92 Å². The summed E-state index contributed by atoms with van der Waals surface area (Å²) in [6.45, 7) is 3.91. The number of hydrogen-bond donors (Lipinski definition) is 2. The predicted octanol–water partition coefficient (Wildman–Crippen LogP) is 3.88. The molecule has 1 amide bonds. The summed E-state index contributed by atoms with van der Waals surface area (Å²) in [4.78, 5) is 12.5. The molecule has 0 radical (unpaired) electrons. The minimum absolute atomic E-state index is 0.0424. The van der Waals surface area contributed by atoms with Gasteiger partial charge in [0.2, 0.25) is 5.91 Å². The van der Waals surface area contributed by atoms with Crippen molar-refractivity contribution in [1.29, 1.82) is 5.26 Å². The van der Waals surface area contributed by atoms with Gasteiger partial charge in [-0.3, -0.25) is 10.1 Å². The van der Waals surface area contributed by atoms with Gasteiger partial charge in [0.25, 0.3) is 0 Å². The lowest BCUT2D eigenvalue weighted by Gasteiger charge is -2.25. The van der Waals surface area contributed by atoms with Crippen molar-refractivity contribution >= 4 is 5.91 Å². The Morgan fingerprint density at radius 3 is 2.54 bits per heavy atom. The van der Waals surface area contributed by atoms with Gasteiger partial charge in [0.15, 0.2) is 0 Å². The highest BCUT2D eigenvalue weighted by molar-refractivity contribution is 5.79. The molecule has 1 aliphatic carbocycles. The van der Waals surface area contributed by atoms with Crippen LogP contribution in [-0.4, -0.2) is 18.0 Å². The van der Waals surface area contributed by atoms with Crippen LogP contribution in [0.5, 0.6) is 0 Å². The number of carbonyl (C=O) groups is 1. The third-order valence-electron chi connectivity index (χ3n) is 5.40. The Hall–Kier alpha value is -2.71. The quantitative estimate of drug-likeness (QED) is 0.732. The van der Waals surface area contributed by atoms with E-state index in [0.29, 0.717) is 0 Å². The molecule has 1 saturated carbocycles. The zero-order chi connectivity index (χ0) is 20.1. The van der Waals surface area contributed by atoms with Crippen LogP contribution in [-0.2, 0) is 11.2 Å². The Bertz CT molecular complexity index is 870. The molecule has 5 heteroatoms. The van der Waals surface area contributed by atoms with Gasteiger partial charge in [-0.25, -0.2) is 4.39 Å². The van der Waals surface area contributed by atoms with Gasteiger partial charge in [0, 0.05) is 0 Å². The van der Waals surface area contributed by atoms with E-state index in [9.17, 15) is 14.4 Å². The number of carbonyl (C=O) groups excluding carboxylic acids is 1. The van der Waals surface area contributed by atoms with Crippen LogP contribution in [0.1, 0.15) is 49.4 Å². The highest BCUT2D eigenvalue weighted by atomic mass is 19.1. The Morgan fingerprint density at radius 1 is 1.25 bits per heavy atom. The molecule has 0 spiro atoms. The lowest BCUT2D eigenvalue weighted by molar-refractivity contribution is -0.121. The highest BCUT2D eigenvalue weighted by Crippen LogP contribution is 2.39. The van der Waals surface area contributed by atoms with Crippen molar-refractivity contribution in [3.05, 3.63) is 71.0 Å². The Kier molecular flexibility index (Phi) is 6.11.